The molecule has 3 nitrogen and oxygen atoms in total. The van der Waals surface area contributed by atoms with Crippen LogP contribution >= 0.6 is 0 Å². The van der Waals surface area contributed by atoms with Gasteiger partial charge in [0.15, 0.2) is 0 Å². The summed E-state index contributed by atoms with van der Waals surface area (Å²) >= 11 is 0. The Morgan fingerprint density at radius 3 is 2.15 bits per heavy atom. The van der Waals surface area contributed by atoms with Crippen molar-refractivity contribution < 1.29 is 57.6 Å². The van der Waals surface area contributed by atoms with Gasteiger partial charge >= 0.3 is 0 Å². The molecule has 5 heteroatoms. The number of fused-ring (bicyclic) bond motifs is 3. The van der Waals surface area contributed by atoms with Gasteiger partial charge in [-0.25, -0.2) is 11.1 Å². The molecule has 0 saturated carbocycles. The molecule has 0 aliphatic carbocycles. The van der Waals surface area contributed by atoms with Gasteiger partial charge in [-0.15, -0.1) is 77.9 Å². The van der Waals surface area contributed by atoms with Crippen molar-refractivity contribution in [2.45, 2.75) is 6.61 Å². The Balaban J connectivity index is 0.000000201. The predicted octanol–water partition coefficient (Wildman–Crippen LogP) is 6.25. The van der Waals surface area contributed by atoms with Gasteiger partial charge in [0.2, 0.25) is 0 Å². The molecular weight excluding hydrogens is 673 g/mol. The number of aromatic nitrogens is 2. The van der Waals surface area contributed by atoms with Gasteiger partial charge < -0.3 is 14.7 Å². The van der Waals surface area contributed by atoms with E-state index in [0.29, 0.717) is 12.4 Å². The van der Waals surface area contributed by atoms with Crippen LogP contribution in [0, 0.1) is 24.3 Å². The third kappa shape index (κ3) is 6.14. The van der Waals surface area contributed by atoms with Crippen molar-refractivity contribution in [3.05, 3.63) is 127 Å². The first kappa shape index (κ1) is 26.1. The monoisotopic (exact) mass is 692 g/mol. The zero-order valence-electron chi connectivity index (χ0n) is 18.2. The molecule has 0 N–H and O–H groups in total. The summed E-state index contributed by atoms with van der Waals surface area (Å²) < 4.78 is 5.76. The maximum atomic E-state index is 5.76. The Morgan fingerprint density at radius 2 is 1.44 bits per heavy atom. The van der Waals surface area contributed by atoms with E-state index in [9.17, 15) is 0 Å². The Kier molecular flexibility index (Phi) is 9.86. The Bertz CT molecular complexity index is 1280. The van der Waals surface area contributed by atoms with Crippen LogP contribution in [0.2, 0.25) is 0 Å². The third-order valence-electron chi connectivity index (χ3n) is 4.99. The molecule has 6 rings (SSSR count). The molecule has 2 aromatic heterocycles. The molecule has 0 amide bonds. The van der Waals surface area contributed by atoms with Crippen LogP contribution in [0.1, 0.15) is 5.56 Å². The Labute approximate surface area is 238 Å². The molecule has 0 unspecified atom stereocenters. The summed E-state index contributed by atoms with van der Waals surface area (Å²) in [5, 5.41) is 0. The van der Waals surface area contributed by atoms with Crippen LogP contribution in [0.15, 0.2) is 97.3 Å². The molecule has 34 heavy (non-hydrogen) atoms. The number of benzene rings is 3. The molecule has 3 heterocycles. The average molecular weight is 692 g/mol. The van der Waals surface area contributed by atoms with Crippen molar-refractivity contribution >= 4 is 0 Å². The summed E-state index contributed by atoms with van der Waals surface area (Å²) in [6.07, 6.45) is 3.60. The minimum Gasteiger partial charge on any atom is -0.516 e. The molecule has 0 spiro atoms. The number of nitrogens with zero attached hydrogens (tertiary/aromatic N) is 2. The molecular formula is C29H18IrN2OY-4. The van der Waals surface area contributed by atoms with Crippen LogP contribution in [0.3, 0.4) is 0 Å². The molecule has 0 bridgehead atoms. The van der Waals surface area contributed by atoms with Crippen molar-refractivity contribution in [3.8, 4) is 39.4 Å². The smallest absolute Gasteiger partial charge is 0.0781 e. The zero-order chi connectivity index (χ0) is 21.6. The standard InChI is InChI=1S/C18H10NO.C11H8N.Ir.Y/c1-2-6-13(7-3-1)15-10-17-18(19-11-15)16-9-5-4-8-14(16)12-20-17;1-2-6-10(7-3-1)11-8-4-5-9-12-11;;/h1-6,8,11H,12H2;1-6,8-9H;;/q-3;-1;;. The van der Waals surface area contributed by atoms with Crippen LogP contribution in [0.4, 0.5) is 0 Å². The number of ether oxygens (including phenoxy) is 1. The summed E-state index contributed by atoms with van der Waals surface area (Å²) in [5.74, 6) is 0.690. The van der Waals surface area contributed by atoms with Gasteiger partial charge in [-0.2, -0.15) is 24.3 Å². The quantitative estimate of drug-likeness (QED) is 0.206. The van der Waals surface area contributed by atoms with Crippen LogP contribution < -0.4 is 4.74 Å². The minimum absolute atomic E-state index is 0. The van der Waals surface area contributed by atoms with Gasteiger partial charge in [0.05, 0.1) is 12.4 Å². The van der Waals surface area contributed by atoms with E-state index in [1.807, 2.05) is 91.1 Å². The Hall–Kier alpha value is -2.49. The predicted molar refractivity (Wildman–Crippen MR) is 124 cm³/mol. The van der Waals surface area contributed by atoms with Crippen LogP contribution in [-0.2, 0) is 59.4 Å². The van der Waals surface area contributed by atoms with Crippen molar-refractivity contribution in [3.63, 3.8) is 0 Å². The number of pyridine rings is 2. The second-order valence-corrected chi connectivity index (χ2v) is 7.10. The Morgan fingerprint density at radius 1 is 0.706 bits per heavy atom. The maximum Gasteiger partial charge on any atom is 0.0781 e. The molecule has 5 aromatic rings. The fraction of sp³-hybridized carbons (Fsp3) is 0.0345. The molecule has 3 aromatic carbocycles. The van der Waals surface area contributed by atoms with E-state index in [2.05, 4.69) is 34.2 Å². The maximum absolute atomic E-state index is 5.76. The molecule has 0 fully saturated rings. The van der Waals surface area contributed by atoms with E-state index in [1.54, 1.807) is 6.20 Å². The van der Waals surface area contributed by atoms with Crippen LogP contribution in [0.25, 0.3) is 33.6 Å². The summed E-state index contributed by atoms with van der Waals surface area (Å²) in [6, 6.07) is 40.2. The largest absolute Gasteiger partial charge is 0.516 e. The fourth-order valence-corrected chi connectivity index (χ4v) is 3.42. The molecule has 166 valence electrons. The molecule has 0 atom stereocenters. The van der Waals surface area contributed by atoms with Crippen LogP contribution in [-0.4, -0.2) is 9.97 Å². The summed E-state index contributed by atoms with van der Waals surface area (Å²) in [4.78, 5) is 8.75. The summed E-state index contributed by atoms with van der Waals surface area (Å²) in [5.41, 5.74) is 6.80. The first-order valence-corrected chi connectivity index (χ1v) is 10.3. The first-order valence-electron chi connectivity index (χ1n) is 10.3. The molecule has 2 radical (unpaired) electrons. The van der Waals surface area contributed by atoms with Crippen molar-refractivity contribution in [2.75, 3.05) is 0 Å². The second-order valence-electron chi connectivity index (χ2n) is 7.10. The number of rotatable bonds is 2. The molecule has 0 saturated heterocycles. The van der Waals surface area contributed by atoms with Crippen LogP contribution in [0.5, 0.6) is 5.75 Å². The average Bonchev–Trinajstić information content (AvgIpc) is 2.90. The summed E-state index contributed by atoms with van der Waals surface area (Å²) in [6.45, 7) is 0.541. The minimum atomic E-state index is 0. The van der Waals surface area contributed by atoms with Gasteiger partial charge in [-0.3, -0.25) is 0 Å². The first-order chi connectivity index (χ1) is 15.9. The number of hydrogen-bond donors (Lipinski definition) is 0. The van der Waals surface area contributed by atoms with E-state index in [0.717, 1.165) is 39.2 Å². The molecule has 1 aliphatic heterocycles. The molecule has 1 aliphatic rings. The normalized spacial score (nSPS) is 10.6. The van der Waals surface area contributed by atoms with Crippen molar-refractivity contribution in [2.24, 2.45) is 0 Å². The second kappa shape index (κ2) is 12.8. The topological polar surface area (TPSA) is 35.0 Å². The van der Waals surface area contributed by atoms with Gasteiger partial charge in [0, 0.05) is 64.7 Å². The number of hydrogen-bond acceptors (Lipinski definition) is 3. The van der Waals surface area contributed by atoms with Gasteiger partial charge in [0.25, 0.3) is 0 Å². The zero-order valence-corrected chi connectivity index (χ0v) is 23.4. The summed E-state index contributed by atoms with van der Waals surface area (Å²) in [7, 11) is 0. The van der Waals surface area contributed by atoms with E-state index in [-0.39, 0.29) is 52.8 Å². The third-order valence-corrected chi connectivity index (χ3v) is 4.99. The van der Waals surface area contributed by atoms with Crippen molar-refractivity contribution in [1.29, 1.82) is 0 Å². The van der Waals surface area contributed by atoms with Gasteiger partial charge in [-0.1, -0.05) is 23.9 Å². The van der Waals surface area contributed by atoms with E-state index in [1.165, 1.54) is 0 Å². The SMILES string of the molecule is [Ir].[Y].[c-]1ccccc1-c1[c-]c2c(nc1)-c1[c-]cccc1CO2.[c-]1ccccc1-c1ccccn1. The van der Waals surface area contributed by atoms with E-state index < -0.39 is 0 Å². The fourth-order valence-electron chi connectivity index (χ4n) is 3.42. The van der Waals surface area contributed by atoms with Gasteiger partial charge in [0.1, 0.15) is 0 Å². The van der Waals surface area contributed by atoms with E-state index >= 15 is 0 Å². The van der Waals surface area contributed by atoms with Crippen molar-refractivity contribution in [1.82, 2.24) is 9.97 Å². The van der Waals surface area contributed by atoms with Gasteiger partial charge in [-0.05, 0) is 11.8 Å². The van der Waals surface area contributed by atoms with E-state index in [4.69, 9.17) is 4.74 Å².